The van der Waals surface area contributed by atoms with E-state index in [1.54, 1.807) is 0 Å². The lowest BCUT2D eigenvalue weighted by molar-refractivity contribution is -0.142. The van der Waals surface area contributed by atoms with Crippen LogP contribution in [0.3, 0.4) is 0 Å². The van der Waals surface area contributed by atoms with E-state index >= 15 is 0 Å². The number of carbonyl (C=O) groups is 1. The summed E-state index contributed by atoms with van der Waals surface area (Å²) in [5.41, 5.74) is 0. The molecule has 1 aromatic heterocycles. The molecule has 0 saturated carbocycles. The number of methoxy groups -OCH3 is 1. The lowest BCUT2D eigenvalue weighted by Gasteiger charge is -2.10. The van der Waals surface area contributed by atoms with E-state index in [4.69, 9.17) is 16.3 Å². The zero-order valence-corrected chi connectivity index (χ0v) is 9.98. The first-order valence-corrected chi connectivity index (χ1v) is 5.52. The van der Waals surface area contributed by atoms with Gasteiger partial charge in [0.05, 0.1) is 24.5 Å². The molecule has 1 aliphatic rings. The van der Waals surface area contributed by atoms with Crippen LogP contribution in [0.4, 0.5) is 0 Å². The molecule has 1 aliphatic heterocycles. The van der Waals surface area contributed by atoms with Crippen molar-refractivity contribution in [2.45, 2.75) is 18.6 Å². The Morgan fingerprint density at radius 1 is 1.53 bits per heavy atom. The molecule has 1 fully saturated rings. The molecule has 0 aliphatic carbocycles. The number of carbonyl (C=O) groups excluding carboxylic acids is 1. The smallest absolute Gasteiger partial charge is 0.323 e. The summed E-state index contributed by atoms with van der Waals surface area (Å²) in [4.78, 5) is 19.1. The molecular formula is C10H12ClN3O3. The maximum absolute atomic E-state index is 11.3. The van der Waals surface area contributed by atoms with Crippen molar-refractivity contribution in [2.75, 3.05) is 13.7 Å². The fourth-order valence-electron chi connectivity index (χ4n) is 1.63. The Morgan fingerprint density at radius 3 is 2.88 bits per heavy atom. The van der Waals surface area contributed by atoms with E-state index in [0.29, 0.717) is 18.0 Å². The van der Waals surface area contributed by atoms with Gasteiger partial charge in [-0.15, -0.1) is 0 Å². The van der Waals surface area contributed by atoms with Gasteiger partial charge in [0.15, 0.2) is 0 Å². The highest BCUT2D eigenvalue weighted by atomic mass is 35.5. The normalized spacial score (nSPS) is 23.4. The number of hydrogen-bond donors (Lipinski definition) is 1. The fourth-order valence-corrected chi connectivity index (χ4v) is 1.72. The van der Waals surface area contributed by atoms with Crippen LogP contribution >= 0.6 is 11.6 Å². The number of rotatable bonds is 3. The number of halogens is 1. The number of nitrogens with one attached hydrogen (secondary N) is 1. The summed E-state index contributed by atoms with van der Waals surface area (Å²) in [6.07, 6.45) is 3.33. The van der Waals surface area contributed by atoms with Gasteiger partial charge < -0.3 is 14.8 Å². The van der Waals surface area contributed by atoms with E-state index in [9.17, 15) is 4.79 Å². The van der Waals surface area contributed by atoms with E-state index in [1.807, 2.05) is 0 Å². The summed E-state index contributed by atoms with van der Waals surface area (Å²) in [5.74, 6) is -0.284. The number of esters is 1. The molecule has 6 nitrogen and oxygen atoms in total. The molecule has 1 aromatic rings. The molecule has 2 heterocycles. The Balaban J connectivity index is 1.89. The van der Waals surface area contributed by atoms with Crippen LogP contribution < -0.4 is 10.1 Å². The van der Waals surface area contributed by atoms with Crippen LogP contribution in [0, 0.1) is 0 Å². The maximum atomic E-state index is 11.3. The van der Waals surface area contributed by atoms with Gasteiger partial charge in [0.2, 0.25) is 0 Å². The largest absolute Gasteiger partial charge is 0.468 e. The standard InChI is InChI=1S/C10H12ClN3O3/c1-16-9(15)8-2-7(5-12-8)17-10-13-3-6(11)4-14-10/h3-4,7-8,12H,2,5H2,1H3. The Kier molecular flexibility index (Phi) is 3.75. The molecule has 2 atom stereocenters. The SMILES string of the molecule is COC(=O)C1CC(Oc2ncc(Cl)cn2)CN1. The molecule has 1 saturated heterocycles. The third kappa shape index (κ3) is 3.04. The van der Waals surface area contributed by atoms with Gasteiger partial charge in [0, 0.05) is 13.0 Å². The minimum atomic E-state index is -0.322. The average Bonchev–Trinajstić information content (AvgIpc) is 2.80. The summed E-state index contributed by atoms with van der Waals surface area (Å²) in [6, 6.07) is -0.0657. The molecule has 0 amide bonds. The van der Waals surface area contributed by atoms with Gasteiger partial charge in [0.1, 0.15) is 12.1 Å². The van der Waals surface area contributed by atoms with Gasteiger partial charge in [-0.05, 0) is 0 Å². The third-order valence-corrected chi connectivity index (χ3v) is 2.64. The van der Waals surface area contributed by atoms with Crippen molar-refractivity contribution in [3.8, 4) is 6.01 Å². The van der Waals surface area contributed by atoms with E-state index in [2.05, 4.69) is 20.0 Å². The molecule has 1 N–H and O–H groups in total. The fraction of sp³-hybridized carbons (Fsp3) is 0.500. The van der Waals surface area contributed by atoms with Crippen molar-refractivity contribution in [1.82, 2.24) is 15.3 Å². The summed E-state index contributed by atoms with van der Waals surface area (Å²) >= 11 is 5.66. The quantitative estimate of drug-likeness (QED) is 0.791. The highest BCUT2D eigenvalue weighted by Gasteiger charge is 2.31. The second-order valence-electron chi connectivity index (χ2n) is 3.64. The van der Waals surface area contributed by atoms with E-state index in [1.165, 1.54) is 19.5 Å². The third-order valence-electron chi connectivity index (χ3n) is 2.44. The van der Waals surface area contributed by atoms with E-state index in [-0.39, 0.29) is 24.1 Å². The van der Waals surface area contributed by atoms with E-state index in [0.717, 1.165) is 0 Å². The second kappa shape index (κ2) is 5.29. The van der Waals surface area contributed by atoms with Crippen LogP contribution in [0.5, 0.6) is 6.01 Å². The Morgan fingerprint density at radius 2 is 2.24 bits per heavy atom. The second-order valence-corrected chi connectivity index (χ2v) is 4.08. The van der Waals surface area contributed by atoms with Crippen LogP contribution in [0.2, 0.25) is 5.02 Å². The number of hydrogen-bond acceptors (Lipinski definition) is 6. The minimum absolute atomic E-state index is 0.139. The molecule has 0 bridgehead atoms. The molecule has 0 spiro atoms. The molecule has 2 unspecified atom stereocenters. The Bertz CT molecular complexity index is 398. The van der Waals surface area contributed by atoms with Crippen LogP contribution in [-0.4, -0.2) is 41.7 Å². The molecule has 92 valence electrons. The van der Waals surface area contributed by atoms with Crippen molar-refractivity contribution >= 4 is 17.6 Å². The predicted octanol–water partition coefficient (Wildman–Crippen LogP) is 0.412. The van der Waals surface area contributed by atoms with Crippen LogP contribution in [0.25, 0.3) is 0 Å². The molecule has 0 radical (unpaired) electrons. The zero-order valence-electron chi connectivity index (χ0n) is 9.22. The predicted molar refractivity (Wildman–Crippen MR) is 59.9 cm³/mol. The molecular weight excluding hydrogens is 246 g/mol. The monoisotopic (exact) mass is 257 g/mol. The van der Waals surface area contributed by atoms with Crippen LogP contribution in [0.15, 0.2) is 12.4 Å². The molecule has 2 rings (SSSR count). The summed E-state index contributed by atoms with van der Waals surface area (Å²) in [6.45, 7) is 0.561. The van der Waals surface area contributed by atoms with Gasteiger partial charge in [0.25, 0.3) is 0 Å². The van der Waals surface area contributed by atoms with Crippen molar-refractivity contribution in [3.63, 3.8) is 0 Å². The Hall–Kier alpha value is -1.40. The molecule has 0 aromatic carbocycles. The van der Waals surface area contributed by atoms with E-state index < -0.39 is 0 Å². The minimum Gasteiger partial charge on any atom is -0.468 e. The van der Waals surface area contributed by atoms with Gasteiger partial charge in [-0.1, -0.05) is 11.6 Å². The van der Waals surface area contributed by atoms with Crippen LogP contribution in [-0.2, 0) is 9.53 Å². The van der Waals surface area contributed by atoms with Gasteiger partial charge in [-0.3, -0.25) is 4.79 Å². The van der Waals surface area contributed by atoms with Crippen LogP contribution in [0.1, 0.15) is 6.42 Å². The number of nitrogens with zero attached hydrogens (tertiary/aromatic N) is 2. The average molecular weight is 258 g/mol. The lowest BCUT2D eigenvalue weighted by atomic mass is 10.2. The molecule has 17 heavy (non-hydrogen) atoms. The van der Waals surface area contributed by atoms with Gasteiger partial charge in [-0.25, -0.2) is 9.97 Å². The van der Waals surface area contributed by atoms with Crippen molar-refractivity contribution in [3.05, 3.63) is 17.4 Å². The van der Waals surface area contributed by atoms with Gasteiger partial charge >= 0.3 is 12.0 Å². The first-order chi connectivity index (χ1) is 8.19. The topological polar surface area (TPSA) is 73.3 Å². The number of ether oxygens (including phenoxy) is 2. The summed E-state index contributed by atoms with van der Waals surface area (Å²) < 4.78 is 10.1. The summed E-state index contributed by atoms with van der Waals surface area (Å²) in [5, 5.41) is 3.46. The lowest BCUT2D eigenvalue weighted by Crippen LogP contribution is -2.31. The van der Waals surface area contributed by atoms with Crippen molar-refractivity contribution < 1.29 is 14.3 Å². The zero-order chi connectivity index (χ0) is 12.3. The number of aromatic nitrogens is 2. The first-order valence-electron chi connectivity index (χ1n) is 5.14. The summed E-state index contributed by atoms with van der Waals surface area (Å²) in [7, 11) is 1.36. The van der Waals surface area contributed by atoms with Crippen molar-refractivity contribution in [1.29, 1.82) is 0 Å². The first kappa shape index (κ1) is 12.1. The van der Waals surface area contributed by atoms with Gasteiger partial charge in [-0.2, -0.15) is 0 Å². The molecule has 7 heteroatoms. The van der Waals surface area contributed by atoms with Crippen molar-refractivity contribution in [2.24, 2.45) is 0 Å². The highest BCUT2D eigenvalue weighted by Crippen LogP contribution is 2.15. The highest BCUT2D eigenvalue weighted by molar-refractivity contribution is 6.30. The maximum Gasteiger partial charge on any atom is 0.323 e. The Labute approximate surface area is 103 Å².